The van der Waals surface area contributed by atoms with Crippen molar-refractivity contribution >= 4 is 12.1 Å². The van der Waals surface area contributed by atoms with Crippen molar-refractivity contribution < 1.29 is 23.1 Å². The second-order valence-corrected chi connectivity index (χ2v) is 9.33. The van der Waals surface area contributed by atoms with Crippen molar-refractivity contribution in [2.45, 2.75) is 56.1 Å². The number of rotatable bonds is 4. The molecule has 0 bridgehead atoms. The fraction of sp³-hybridized carbons (Fsp3) is 0.480. The largest absolute Gasteiger partial charge is 0.446 e. The van der Waals surface area contributed by atoms with Gasteiger partial charge in [0.25, 0.3) is 0 Å². The zero-order valence-electron chi connectivity index (χ0n) is 18.8. The maximum absolute atomic E-state index is 13.7. The van der Waals surface area contributed by atoms with E-state index in [-0.39, 0.29) is 12.6 Å². The molecule has 3 aliphatic rings. The summed E-state index contributed by atoms with van der Waals surface area (Å²) in [4.78, 5) is 33.1. The Bertz CT molecular complexity index is 1050. The molecule has 3 amide bonds. The van der Waals surface area contributed by atoms with Gasteiger partial charge in [-0.3, -0.25) is 9.88 Å². The first-order valence-corrected chi connectivity index (χ1v) is 11.9. The average Bonchev–Trinajstić information content (AvgIpc) is 3.48. The number of urea groups is 1. The van der Waals surface area contributed by atoms with E-state index in [1.54, 1.807) is 0 Å². The average molecular weight is 471 g/mol. The second-order valence-electron chi connectivity index (χ2n) is 9.33. The summed E-state index contributed by atoms with van der Waals surface area (Å²) >= 11 is 0. The number of pyridine rings is 1. The van der Waals surface area contributed by atoms with Crippen LogP contribution in [0.25, 0.3) is 0 Å². The van der Waals surface area contributed by atoms with Crippen molar-refractivity contribution in [1.29, 1.82) is 0 Å². The Hall–Kier alpha value is -3.07. The summed E-state index contributed by atoms with van der Waals surface area (Å²) in [6, 6.07) is 8.47. The zero-order chi connectivity index (χ0) is 23.7. The summed E-state index contributed by atoms with van der Waals surface area (Å²) in [5.74, 6) is -1.50. The van der Waals surface area contributed by atoms with Gasteiger partial charge in [0, 0.05) is 43.0 Å². The number of amides is 3. The Balaban J connectivity index is 1.16. The number of halogens is 2. The maximum Gasteiger partial charge on any atom is 0.418 e. The van der Waals surface area contributed by atoms with E-state index in [2.05, 4.69) is 21.3 Å². The van der Waals surface area contributed by atoms with Crippen molar-refractivity contribution in [3.05, 3.63) is 65.5 Å². The van der Waals surface area contributed by atoms with Crippen LogP contribution in [0.2, 0.25) is 0 Å². The predicted octanol–water partition coefficient (Wildman–Crippen LogP) is 4.36. The molecular formula is C25H28F2N4O3. The SMILES string of the molecule is O=C(N[C@@H]1CCN(C2CCC(c3ccccn3)CC2)C1)N1C(=O)OC[C@@H]1c1ccc(F)c(F)c1. The normalized spacial score (nSPS) is 27.6. The van der Waals surface area contributed by atoms with E-state index in [1.165, 1.54) is 11.8 Å². The molecule has 2 atom stereocenters. The number of carbonyl (C=O) groups is 2. The lowest BCUT2D eigenvalue weighted by molar-refractivity contribution is 0.155. The third-order valence-electron chi connectivity index (χ3n) is 7.29. The standard InChI is InChI=1S/C25H28F2N4O3/c26-20-9-6-17(13-21(20)27)23-15-34-25(33)31(23)24(32)29-18-10-12-30(14-18)19-7-4-16(5-8-19)22-3-1-2-11-28-22/h1-3,6,9,11,13,16,18-19,23H,4-5,7-8,10,12,14-15H2,(H,29,32)/t16?,18-,19?,23-/m1/s1. The lowest BCUT2D eigenvalue weighted by Gasteiger charge is -2.34. The summed E-state index contributed by atoms with van der Waals surface area (Å²) in [6.07, 6.45) is 6.26. The second kappa shape index (κ2) is 9.66. The van der Waals surface area contributed by atoms with Gasteiger partial charge in [0.15, 0.2) is 11.6 Å². The van der Waals surface area contributed by atoms with E-state index in [0.29, 0.717) is 17.5 Å². The van der Waals surface area contributed by atoms with E-state index >= 15 is 0 Å². The highest BCUT2D eigenvalue weighted by atomic mass is 19.2. The van der Waals surface area contributed by atoms with Crippen LogP contribution < -0.4 is 5.32 Å². The number of benzene rings is 1. The molecule has 7 nitrogen and oxygen atoms in total. The highest BCUT2D eigenvalue weighted by molar-refractivity contribution is 5.92. The predicted molar refractivity (Wildman–Crippen MR) is 120 cm³/mol. The van der Waals surface area contributed by atoms with E-state index in [0.717, 1.165) is 62.2 Å². The van der Waals surface area contributed by atoms with E-state index < -0.39 is 29.8 Å². The molecule has 1 aromatic heterocycles. The number of likely N-dealkylation sites (tertiary alicyclic amines) is 1. The number of ether oxygens (including phenoxy) is 1. The van der Waals surface area contributed by atoms with Crippen molar-refractivity contribution in [3.8, 4) is 0 Å². The first kappa shape index (κ1) is 22.7. The molecule has 1 aliphatic carbocycles. The molecule has 34 heavy (non-hydrogen) atoms. The minimum absolute atomic E-state index is 0.0833. The number of hydrogen-bond donors (Lipinski definition) is 1. The number of aromatic nitrogens is 1. The first-order chi connectivity index (χ1) is 16.5. The summed E-state index contributed by atoms with van der Waals surface area (Å²) in [7, 11) is 0. The molecule has 3 fully saturated rings. The molecule has 2 aromatic rings. The fourth-order valence-electron chi connectivity index (χ4n) is 5.45. The summed E-state index contributed by atoms with van der Waals surface area (Å²) < 4.78 is 32.1. The maximum atomic E-state index is 13.7. The Morgan fingerprint density at radius 2 is 1.88 bits per heavy atom. The molecule has 0 radical (unpaired) electrons. The van der Waals surface area contributed by atoms with Crippen molar-refractivity contribution in [1.82, 2.24) is 20.1 Å². The van der Waals surface area contributed by atoms with Gasteiger partial charge in [-0.05, 0) is 61.9 Å². The van der Waals surface area contributed by atoms with Crippen molar-refractivity contribution in [3.63, 3.8) is 0 Å². The van der Waals surface area contributed by atoms with Gasteiger partial charge in [-0.2, -0.15) is 0 Å². The van der Waals surface area contributed by atoms with Crippen LogP contribution in [0.1, 0.15) is 55.3 Å². The van der Waals surface area contributed by atoms with Gasteiger partial charge in [0.05, 0.1) is 0 Å². The first-order valence-electron chi connectivity index (χ1n) is 11.9. The number of carbonyl (C=O) groups excluding carboxylic acids is 2. The molecule has 180 valence electrons. The summed E-state index contributed by atoms with van der Waals surface area (Å²) in [5, 5.41) is 2.95. The lowest BCUT2D eigenvalue weighted by Crippen LogP contribution is -2.47. The van der Waals surface area contributed by atoms with Gasteiger partial charge in [0.2, 0.25) is 0 Å². The van der Waals surface area contributed by atoms with Gasteiger partial charge < -0.3 is 10.1 Å². The van der Waals surface area contributed by atoms with Gasteiger partial charge in [0.1, 0.15) is 12.6 Å². The van der Waals surface area contributed by atoms with Gasteiger partial charge in [-0.25, -0.2) is 23.3 Å². The lowest BCUT2D eigenvalue weighted by atomic mass is 9.83. The summed E-state index contributed by atoms with van der Waals surface area (Å²) in [5.41, 5.74) is 1.48. The van der Waals surface area contributed by atoms with Crippen LogP contribution in [-0.2, 0) is 4.74 Å². The van der Waals surface area contributed by atoms with E-state index in [4.69, 9.17) is 4.74 Å². The Morgan fingerprint density at radius 1 is 1.06 bits per heavy atom. The molecule has 2 saturated heterocycles. The van der Waals surface area contributed by atoms with Gasteiger partial charge in [-0.15, -0.1) is 0 Å². The topological polar surface area (TPSA) is 74.8 Å². The van der Waals surface area contributed by atoms with Crippen LogP contribution >= 0.6 is 0 Å². The van der Waals surface area contributed by atoms with Crippen molar-refractivity contribution in [2.24, 2.45) is 0 Å². The third-order valence-corrected chi connectivity index (χ3v) is 7.29. The summed E-state index contributed by atoms with van der Waals surface area (Å²) in [6.45, 7) is 1.53. The van der Waals surface area contributed by atoms with Crippen LogP contribution in [0.3, 0.4) is 0 Å². The van der Waals surface area contributed by atoms with E-state index in [9.17, 15) is 18.4 Å². The van der Waals surface area contributed by atoms with Gasteiger partial charge in [-0.1, -0.05) is 12.1 Å². The molecule has 1 saturated carbocycles. The Kier molecular flexibility index (Phi) is 6.45. The van der Waals surface area contributed by atoms with E-state index in [1.807, 2.05) is 18.3 Å². The molecule has 5 rings (SSSR count). The number of nitrogens with zero attached hydrogens (tertiary/aromatic N) is 3. The minimum atomic E-state index is -1.03. The highest BCUT2D eigenvalue weighted by Gasteiger charge is 2.41. The number of imide groups is 1. The molecule has 2 aliphatic heterocycles. The third kappa shape index (κ3) is 4.61. The highest BCUT2D eigenvalue weighted by Crippen LogP contribution is 2.35. The van der Waals surface area contributed by atoms with Crippen LogP contribution in [0, 0.1) is 11.6 Å². The van der Waals surface area contributed by atoms with Crippen LogP contribution in [0.15, 0.2) is 42.6 Å². The Labute approximate surface area is 197 Å². The molecule has 0 spiro atoms. The smallest absolute Gasteiger partial charge is 0.418 e. The van der Waals surface area contributed by atoms with Crippen molar-refractivity contribution in [2.75, 3.05) is 19.7 Å². The fourth-order valence-corrected chi connectivity index (χ4v) is 5.45. The van der Waals surface area contributed by atoms with Crippen LogP contribution in [0.4, 0.5) is 18.4 Å². The molecule has 1 aromatic carbocycles. The van der Waals surface area contributed by atoms with Crippen LogP contribution in [-0.4, -0.2) is 58.7 Å². The number of cyclic esters (lactones) is 1. The molecule has 0 unspecified atom stereocenters. The zero-order valence-corrected chi connectivity index (χ0v) is 18.8. The Morgan fingerprint density at radius 3 is 2.62 bits per heavy atom. The molecule has 9 heteroatoms. The van der Waals surface area contributed by atoms with Crippen LogP contribution in [0.5, 0.6) is 0 Å². The number of hydrogen-bond acceptors (Lipinski definition) is 5. The quantitative estimate of drug-likeness (QED) is 0.719. The molecule has 3 heterocycles. The number of nitrogens with one attached hydrogen (secondary N) is 1. The molecule has 1 N–H and O–H groups in total. The van der Waals surface area contributed by atoms with Gasteiger partial charge >= 0.3 is 12.1 Å². The minimum Gasteiger partial charge on any atom is -0.446 e. The monoisotopic (exact) mass is 470 g/mol. The molecular weight excluding hydrogens is 442 g/mol.